The molecule has 2 N–H and O–H groups in total. The molecule has 0 spiro atoms. The third kappa shape index (κ3) is 2.84. The maximum absolute atomic E-state index is 11.8. The molecule has 1 aromatic rings. The first-order valence-corrected chi connectivity index (χ1v) is 5.10. The quantitative estimate of drug-likeness (QED) is 0.689. The van der Waals surface area contributed by atoms with Crippen molar-refractivity contribution in [1.29, 1.82) is 0 Å². The van der Waals surface area contributed by atoms with Crippen LogP contribution in [0.15, 0.2) is 21.9 Å². The average molecular weight is 221 g/mol. The molecule has 0 aromatic carbocycles. The van der Waals surface area contributed by atoms with Crippen LogP contribution in [0, 0.1) is 11.8 Å². The number of aromatic nitrogens is 2. The number of aryl methyl sites for hydroxylation is 1. The molecule has 5 nitrogen and oxygen atoms in total. The van der Waals surface area contributed by atoms with E-state index in [4.69, 9.17) is 5.73 Å². The van der Waals surface area contributed by atoms with Gasteiger partial charge in [-0.15, -0.1) is 11.8 Å². The van der Waals surface area contributed by atoms with Crippen molar-refractivity contribution in [2.75, 3.05) is 6.54 Å². The van der Waals surface area contributed by atoms with Gasteiger partial charge in [0, 0.05) is 38.3 Å². The summed E-state index contributed by atoms with van der Waals surface area (Å²) in [5, 5.41) is 0. The molecule has 1 heterocycles. The maximum atomic E-state index is 11.8. The number of hydrogen-bond acceptors (Lipinski definition) is 3. The SMILES string of the molecule is CC#CCCn1ccc(=O)n(CCN)c1=O. The molecule has 1 rings (SSSR count). The molecule has 0 aliphatic rings. The monoisotopic (exact) mass is 221 g/mol. The number of hydrogen-bond donors (Lipinski definition) is 1. The van der Waals surface area contributed by atoms with E-state index in [0.29, 0.717) is 13.0 Å². The van der Waals surface area contributed by atoms with Crippen molar-refractivity contribution in [2.45, 2.75) is 26.4 Å². The molecule has 86 valence electrons. The second kappa shape index (κ2) is 5.93. The molecule has 0 saturated carbocycles. The number of nitrogens with zero attached hydrogens (tertiary/aromatic N) is 2. The fraction of sp³-hybridized carbons (Fsp3) is 0.455. The smallest absolute Gasteiger partial charge is 0.329 e. The molecule has 16 heavy (non-hydrogen) atoms. The lowest BCUT2D eigenvalue weighted by atomic mass is 10.4. The van der Waals surface area contributed by atoms with Crippen LogP contribution >= 0.6 is 0 Å². The Balaban J connectivity index is 3.02. The fourth-order valence-corrected chi connectivity index (χ4v) is 1.36. The molecule has 0 aliphatic carbocycles. The van der Waals surface area contributed by atoms with Gasteiger partial charge in [-0.1, -0.05) is 0 Å². The zero-order chi connectivity index (χ0) is 12.0. The van der Waals surface area contributed by atoms with Crippen molar-refractivity contribution < 1.29 is 0 Å². The number of rotatable bonds is 4. The van der Waals surface area contributed by atoms with E-state index in [2.05, 4.69) is 11.8 Å². The highest BCUT2D eigenvalue weighted by molar-refractivity contribution is 4.95. The van der Waals surface area contributed by atoms with Crippen LogP contribution in [0.25, 0.3) is 0 Å². The van der Waals surface area contributed by atoms with E-state index in [9.17, 15) is 9.59 Å². The maximum Gasteiger partial charge on any atom is 0.331 e. The Kier molecular flexibility index (Phi) is 4.55. The lowest BCUT2D eigenvalue weighted by Crippen LogP contribution is -2.40. The van der Waals surface area contributed by atoms with Crippen LogP contribution in [-0.2, 0) is 13.1 Å². The standard InChI is InChI=1S/C11H15N3O2/c1-2-3-4-7-13-8-5-10(15)14(9-6-12)11(13)16/h5,8H,4,6-7,9,12H2,1H3. The third-order valence-electron chi connectivity index (χ3n) is 2.15. The second-order valence-electron chi connectivity index (χ2n) is 3.25. The van der Waals surface area contributed by atoms with Gasteiger partial charge in [0.2, 0.25) is 0 Å². The van der Waals surface area contributed by atoms with E-state index in [0.717, 1.165) is 4.57 Å². The lowest BCUT2D eigenvalue weighted by Gasteiger charge is -2.07. The van der Waals surface area contributed by atoms with Crippen molar-refractivity contribution in [3.05, 3.63) is 33.1 Å². The molecular formula is C11H15N3O2. The van der Waals surface area contributed by atoms with Crippen molar-refractivity contribution in [2.24, 2.45) is 5.73 Å². The Labute approximate surface area is 93.5 Å². The Morgan fingerprint density at radius 3 is 2.75 bits per heavy atom. The minimum Gasteiger partial charge on any atom is -0.329 e. The molecule has 0 unspecified atom stereocenters. The van der Waals surface area contributed by atoms with Crippen LogP contribution < -0.4 is 17.0 Å². The minimum absolute atomic E-state index is 0.248. The minimum atomic E-state index is -0.323. The summed E-state index contributed by atoms with van der Waals surface area (Å²) in [5.41, 5.74) is 4.70. The normalized spacial score (nSPS) is 9.62. The van der Waals surface area contributed by atoms with Gasteiger partial charge in [-0.3, -0.25) is 13.9 Å². The van der Waals surface area contributed by atoms with Gasteiger partial charge >= 0.3 is 5.69 Å². The van der Waals surface area contributed by atoms with Crippen molar-refractivity contribution in [3.63, 3.8) is 0 Å². The van der Waals surface area contributed by atoms with Gasteiger partial charge in [-0.05, 0) is 6.92 Å². The summed E-state index contributed by atoms with van der Waals surface area (Å²) in [6.45, 7) is 2.76. The van der Waals surface area contributed by atoms with E-state index in [1.807, 2.05) is 0 Å². The molecule has 0 fully saturated rings. The van der Waals surface area contributed by atoms with Gasteiger partial charge in [0.15, 0.2) is 0 Å². The van der Waals surface area contributed by atoms with Gasteiger partial charge in [0.25, 0.3) is 5.56 Å². The van der Waals surface area contributed by atoms with Crippen LogP contribution in [0.2, 0.25) is 0 Å². The van der Waals surface area contributed by atoms with Gasteiger partial charge < -0.3 is 5.73 Å². The molecule has 0 bridgehead atoms. The molecule has 0 radical (unpaired) electrons. The number of nitrogens with two attached hydrogens (primary N) is 1. The fourth-order valence-electron chi connectivity index (χ4n) is 1.36. The van der Waals surface area contributed by atoms with E-state index in [1.54, 1.807) is 6.92 Å². The van der Waals surface area contributed by atoms with Gasteiger partial charge in [-0.25, -0.2) is 4.79 Å². The Bertz CT molecular complexity index is 517. The zero-order valence-electron chi connectivity index (χ0n) is 9.27. The summed E-state index contributed by atoms with van der Waals surface area (Å²) in [6.07, 6.45) is 2.09. The van der Waals surface area contributed by atoms with Crippen LogP contribution in [0.1, 0.15) is 13.3 Å². The molecule has 1 aromatic heterocycles. The first kappa shape index (κ1) is 12.3. The van der Waals surface area contributed by atoms with E-state index in [-0.39, 0.29) is 24.3 Å². The van der Waals surface area contributed by atoms with Crippen molar-refractivity contribution in [1.82, 2.24) is 9.13 Å². The lowest BCUT2D eigenvalue weighted by molar-refractivity contribution is 0.561. The van der Waals surface area contributed by atoms with E-state index < -0.39 is 0 Å². The summed E-state index contributed by atoms with van der Waals surface area (Å²) in [4.78, 5) is 23.2. The highest BCUT2D eigenvalue weighted by Gasteiger charge is 2.03. The Morgan fingerprint density at radius 2 is 2.12 bits per heavy atom. The predicted octanol–water partition coefficient (Wildman–Crippen LogP) is -0.618. The first-order valence-electron chi connectivity index (χ1n) is 5.10. The summed E-state index contributed by atoms with van der Waals surface area (Å²) in [7, 11) is 0. The summed E-state index contributed by atoms with van der Waals surface area (Å²) in [6, 6.07) is 1.37. The van der Waals surface area contributed by atoms with E-state index in [1.165, 1.54) is 16.8 Å². The summed E-state index contributed by atoms with van der Waals surface area (Å²) in [5.74, 6) is 5.62. The molecule has 5 heteroatoms. The summed E-state index contributed by atoms with van der Waals surface area (Å²) >= 11 is 0. The molecule has 0 aliphatic heterocycles. The Hall–Kier alpha value is -1.80. The van der Waals surface area contributed by atoms with Gasteiger partial charge in [0.05, 0.1) is 0 Å². The largest absolute Gasteiger partial charge is 0.331 e. The molecular weight excluding hydrogens is 206 g/mol. The van der Waals surface area contributed by atoms with Crippen LogP contribution in [0.5, 0.6) is 0 Å². The molecule has 0 atom stereocenters. The molecule has 0 saturated heterocycles. The summed E-state index contributed by atoms with van der Waals surface area (Å²) < 4.78 is 2.61. The average Bonchev–Trinajstić information content (AvgIpc) is 2.28. The highest BCUT2D eigenvalue weighted by Crippen LogP contribution is 1.84. The Morgan fingerprint density at radius 1 is 1.38 bits per heavy atom. The van der Waals surface area contributed by atoms with E-state index >= 15 is 0 Å². The van der Waals surface area contributed by atoms with Crippen molar-refractivity contribution in [3.8, 4) is 11.8 Å². The third-order valence-corrected chi connectivity index (χ3v) is 2.15. The predicted molar refractivity (Wildman–Crippen MR) is 62.1 cm³/mol. The van der Waals surface area contributed by atoms with Crippen molar-refractivity contribution >= 4 is 0 Å². The zero-order valence-corrected chi connectivity index (χ0v) is 9.27. The van der Waals surface area contributed by atoms with Crippen LogP contribution in [0.4, 0.5) is 0 Å². The molecule has 0 amide bonds. The topological polar surface area (TPSA) is 70.0 Å². The van der Waals surface area contributed by atoms with Gasteiger partial charge in [-0.2, -0.15) is 0 Å². The van der Waals surface area contributed by atoms with Crippen LogP contribution in [-0.4, -0.2) is 15.7 Å². The van der Waals surface area contributed by atoms with Gasteiger partial charge in [0.1, 0.15) is 0 Å². The first-order chi connectivity index (χ1) is 7.70. The highest BCUT2D eigenvalue weighted by atomic mass is 16.2. The second-order valence-corrected chi connectivity index (χ2v) is 3.25. The van der Waals surface area contributed by atoms with Crippen LogP contribution in [0.3, 0.4) is 0 Å².